The van der Waals surface area contributed by atoms with Crippen molar-refractivity contribution >= 4 is 51.9 Å². The van der Waals surface area contributed by atoms with E-state index < -0.39 is 0 Å². The molecule has 0 atom stereocenters. The Morgan fingerprint density at radius 2 is 2.04 bits per heavy atom. The second-order valence-electron chi connectivity index (χ2n) is 5.70. The average molecular weight is 402 g/mol. The summed E-state index contributed by atoms with van der Waals surface area (Å²) in [7, 11) is 0. The highest BCUT2D eigenvalue weighted by molar-refractivity contribution is 8.26. The summed E-state index contributed by atoms with van der Waals surface area (Å²) in [5.74, 6) is -1.08. The molecule has 2 aromatic carbocycles. The summed E-state index contributed by atoms with van der Waals surface area (Å²) in [6.45, 7) is 0.116. The molecule has 0 saturated carbocycles. The van der Waals surface area contributed by atoms with E-state index >= 15 is 0 Å². The van der Waals surface area contributed by atoms with E-state index in [0.717, 1.165) is 11.8 Å². The first kappa shape index (κ1) is 19.1. The van der Waals surface area contributed by atoms with E-state index in [4.69, 9.17) is 12.2 Å². The molecule has 0 aromatic heterocycles. The van der Waals surface area contributed by atoms with Crippen LogP contribution in [-0.4, -0.2) is 32.7 Å². The van der Waals surface area contributed by atoms with Gasteiger partial charge in [0.05, 0.1) is 10.6 Å². The first-order chi connectivity index (χ1) is 12.9. The normalized spacial score (nSPS) is 15.4. The number of carbonyl (C=O) groups is 2. The van der Waals surface area contributed by atoms with Gasteiger partial charge in [0.1, 0.15) is 15.9 Å². The maximum Gasteiger partial charge on any atom is 0.266 e. The van der Waals surface area contributed by atoms with Gasteiger partial charge in [0.2, 0.25) is 5.91 Å². The van der Waals surface area contributed by atoms with Crippen LogP contribution in [0, 0.1) is 5.82 Å². The second-order valence-corrected chi connectivity index (χ2v) is 7.38. The van der Waals surface area contributed by atoms with Crippen LogP contribution in [0.4, 0.5) is 10.1 Å². The first-order valence-corrected chi connectivity index (χ1v) is 9.25. The van der Waals surface area contributed by atoms with E-state index in [1.54, 1.807) is 36.4 Å². The van der Waals surface area contributed by atoms with Crippen LogP contribution < -0.4 is 5.32 Å². The fourth-order valence-corrected chi connectivity index (χ4v) is 3.75. The van der Waals surface area contributed by atoms with Gasteiger partial charge in [-0.3, -0.25) is 14.5 Å². The molecule has 5 nitrogen and oxygen atoms in total. The van der Waals surface area contributed by atoms with Gasteiger partial charge in [0.15, 0.2) is 0 Å². The molecule has 8 heteroatoms. The van der Waals surface area contributed by atoms with E-state index in [0.29, 0.717) is 20.5 Å². The summed E-state index contributed by atoms with van der Waals surface area (Å²) in [5.41, 5.74) is 0.867. The summed E-state index contributed by atoms with van der Waals surface area (Å²) < 4.78 is 13.6. The molecule has 138 valence electrons. The number of hydrogen-bond acceptors (Lipinski definition) is 5. The van der Waals surface area contributed by atoms with Crippen molar-refractivity contribution in [2.24, 2.45) is 0 Å². The zero-order valence-electron chi connectivity index (χ0n) is 14.0. The third-order valence-corrected chi connectivity index (χ3v) is 5.14. The van der Waals surface area contributed by atoms with Gasteiger partial charge in [-0.05, 0) is 35.9 Å². The Hall–Kier alpha value is -2.71. The number of aromatic hydroxyl groups is 1. The minimum Gasteiger partial charge on any atom is -0.506 e. The molecule has 0 radical (unpaired) electrons. The summed E-state index contributed by atoms with van der Waals surface area (Å²) in [5, 5.41) is 12.3. The molecular weight excluding hydrogens is 387 g/mol. The number of phenols is 1. The lowest BCUT2D eigenvalue weighted by molar-refractivity contribution is -0.122. The van der Waals surface area contributed by atoms with Crippen LogP contribution in [-0.2, 0) is 9.59 Å². The maximum atomic E-state index is 13.3. The van der Waals surface area contributed by atoms with Gasteiger partial charge in [0.25, 0.3) is 5.91 Å². The van der Waals surface area contributed by atoms with Crippen molar-refractivity contribution in [2.45, 2.75) is 6.42 Å². The van der Waals surface area contributed by atoms with Gasteiger partial charge >= 0.3 is 0 Å². The maximum absolute atomic E-state index is 13.3. The van der Waals surface area contributed by atoms with Crippen LogP contribution in [0.1, 0.15) is 12.0 Å². The fourth-order valence-electron chi connectivity index (χ4n) is 2.45. The third kappa shape index (κ3) is 4.72. The Kier molecular flexibility index (Phi) is 5.88. The highest BCUT2D eigenvalue weighted by Gasteiger charge is 2.32. The number of nitrogens with one attached hydrogen (secondary N) is 1. The van der Waals surface area contributed by atoms with Crippen molar-refractivity contribution in [3.8, 4) is 5.75 Å². The van der Waals surface area contributed by atoms with Crippen LogP contribution in [0.15, 0.2) is 53.4 Å². The van der Waals surface area contributed by atoms with E-state index in [2.05, 4.69) is 5.32 Å². The van der Waals surface area contributed by atoms with Crippen LogP contribution >= 0.6 is 24.0 Å². The zero-order valence-corrected chi connectivity index (χ0v) is 15.6. The molecule has 2 amide bonds. The number of anilines is 1. The highest BCUT2D eigenvalue weighted by Crippen LogP contribution is 2.32. The first-order valence-electron chi connectivity index (χ1n) is 8.03. The number of rotatable bonds is 5. The van der Waals surface area contributed by atoms with Gasteiger partial charge in [0, 0.05) is 13.0 Å². The highest BCUT2D eigenvalue weighted by atomic mass is 32.2. The number of hydrogen-bond donors (Lipinski definition) is 2. The van der Waals surface area contributed by atoms with Gasteiger partial charge < -0.3 is 10.4 Å². The minimum atomic E-state index is -0.389. The summed E-state index contributed by atoms with van der Waals surface area (Å²) in [6, 6.07) is 12.3. The molecule has 2 aromatic rings. The topological polar surface area (TPSA) is 69.6 Å². The van der Waals surface area contributed by atoms with Crippen molar-refractivity contribution in [1.82, 2.24) is 4.90 Å². The Morgan fingerprint density at radius 3 is 2.78 bits per heavy atom. The lowest BCUT2D eigenvalue weighted by atomic mass is 10.2. The van der Waals surface area contributed by atoms with Gasteiger partial charge in [-0.15, -0.1) is 0 Å². The number of carbonyl (C=O) groups excluding carboxylic acids is 2. The average Bonchev–Trinajstić information content (AvgIpc) is 2.88. The molecule has 1 aliphatic heterocycles. The number of para-hydroxylation sites is 2. The van der Waals surface area contributed by atoms with Crippen molar-refractivity contribution in [3.05, 3.63) is 64.8 Å². The number of phenolic OH excluding ortho intramolecular Hbond substituents is 1. The molecule has 0 unspecified atom stereocenters. The molecule has 2 N–H and O–H groups in total. The van der Waals surface area contributed by atoms with E-state index in [9.17, 15) is 19.1 Å². The predicted octanol–water partition coefficient (Wildman–Crippen LogP) is 3.76. The molecule has 3 rings (SSSR count). The van der Waals surface area contributed by atoms with Crippen molar-refractivity contribution in [1.29, 1.82) is 0 Å². The van der Waals surface area contributed by atoms with Crippen LogP contribution in [0.5, 0.6) is 5.75 Å². The number of amides is 2. The van der Waals surface area contributed by atoms with Crippen molar-refractivity contribution < 1.29 is 19.1 Å². The summed E-state index contributed by atoms with van der Waals surface area (Å²) >= 11 is 6.34. The lowest BCUT2D eigenvalue weighted by Gasteiger charge is -2.14. The summed E-state index contributed by atoms with van der Waals surface area (Å²) in [4.78, 5) is 26.3. The minimum absolute atomic E-state index is 0.0218. The number of nitrogens with zero attached hydrogens (tertiary/aromatic N) is 1. The third-order valence-electron chi connectivity index (χ3n) is 3.76. The number of thiocarbonyl (C=S) groups is 1. The molecule has 0 aliphatic carbocycles. The molecule has 0 spiro atoms. The zero-order chi connectivity index (χ0) is 19.4. The molecule has 0 bridgehead atoms. The number of halogens is 1. The standard InChI is InChI=1S/C19H15FN2O3S2/c20-13-5-3-4-12(10-13)11-16-18(25)22(19(26)27-16)9-8-17(24)21-14-6-1-2-7-15(14)23/h1-7,10-11,23H,8-9H2,(H,21,24). The van der Waals surface area contributed by atoms with Gasteiger partial charge in [-0.2, -0.15) is 0 Å². The van der Waals surface area contributed by atoms with E-state index in [1.807, 2.05) is 0 Å². The van der Waals surface area contributed by atoms with Crippen LogP contribution in [0.3, 0.4) is 0 Å². The molecule has 1 heterocycles. The molecule has 1 fully saturated rings. The largest absolute Gasteiger partial charge is 0.506 e. The molecule has 1 saturated heterocycles. The second kappa shape index (κ2) is 8.32. The van der Waals surface area contributed by atoms with Gasteiger partial charge in [-0.25, -0.2) is 4.39 Å². The summed E-state index contributed by atoms with van der Waals surface area (Å²) in [6.07, 6.45) is 1.60. The molecule has 27 heavy (non-hydrogen) atoms. The van der Waals surface area contributed by atoms with Crippen LogP contribution in [0.2, 0.25) is 0 Å². The fraction of sp³-hybridized carbons (Fsp3) is 0.105. The smallest absolute Gasteiger partial charge is 0.266 e. The Balaban J connectivity index is 1.62. The quantitative estimate of drug-likeness (QED) is 0.453. The Bertz CT molecular complexity index is 946. The van der Waals surface area contributed by atoms with E-state index in [-0.39, 0.29) is 36.3 Å². The molecule has 1 aliphatic rings. The van der Waals surface area contributed by atoms with E-state index in [1.165, 1.54) is 23.1 Å². The SMILES string of the molecule is O=C(CCN1C(=O)C(=Cc2cccc(F)c2)SC1=S)Nc1ccccc1O. The molecular formula is C19H15FN2O3S2. The van der Waals surface area contributed by atoms with Crippen LogP contribution in [0.25, 0.3) is 6.08 Å². The van der Waals surface area contributed by atoms with Gasteiger partial charge in [-0.1, -0.05) is 48.2 Å². The Morgan fingerprint density at radius 1 is 1.26 bits per heavy atom. The Labute approximate surface area is 164 Å². The predicted molar refractivity (Wildman–Crippen MR) is 108 cm³/mol. The lowest BCUT2D eigenvalue weighted by Crippen LogP contribution is -2.31. The number of thioether (sulfide) groups is 1. The van der Waals surface area contributed by atoms with Crippen molar-refractivity contribution in [3.63, 3.8) is 0 Å². The number of benzene rings is 2. The monoisotopic (exact) mass is 402 g/mol. The van der Waals surface area contributed by atoms with Crippen molar-refractivity contribution in [2.75, 3.05) is 11.9 Å².